The Morgan fingerprint density at radius 1 is 1.16 bits per heavy atom. The predicted octanol–water partition coefficient (Wildman–Crippen LogP) is 4.19. The fourth-order valence-corrected chi connectivity index (χ4v) is 4.21. The van der Waals surface area contributed by atoms with Crippen molar-refractivity contribution in [3.8, 4) is 28.2 Å². The molecule has 3 heterocycles. The van der Waals surface area contributed by atoms with Crippen LogP contribution in [0, 0.1) is 0 Å². The Morgan fingerprint density at radius 2 is 1.95 bits per heavy atom. The average Bonchev–Trinajstić information content (AvgIpc) is 3.58. The van der Waals surface area contributed by atoms with Crippen LogP contribution in [-0.4, -0.2) is 50.9 Å². The number of carbonyl (C=O) groups is 1. The summed E-state index contributed by atoms with van der Waals surface area (Å²) in [4.78, 5) is 36.7. The van der Waals surface area contributed by atoms with E-state index in [1.807, 2.05) is 13.8 Å². The second-order valence-electron chi connectivity index (χ2n) is 8.75. The Bertz CT molecular complexity index is 1660. The molecule has 0 aliphatic heterocycles. The minimum absolute atomic E-state index is 0.0676. The van der Waals surface area contributed by atoms with Gasteiger partial charge in [-0.15, -0.1) is 5.10 Å². The maximum Gasteiger partial charge on any atom is 0.409 e. The van der Waals surface area contributed by atoms with Crippen molar-refractivity contribution in [1.29, 1.82) is 0 Å². The zero-order valence-electron chi connectivity index (χ0n) is 20.3. The lowest BCUT2D eigenvalue weighted by Gasteiger charge is -2.16. The molecule has 12 nitrogen and oxygen atoms in total. The van der Waals surface area contributed by atoms with Gasteiger partial charge in [0.05, 0.1) is 29.8 Å². The second-order valence-corrected chi connectivity index (χ2v) is 9.18. The van der Waals surface area contributed by atoms with Gasteiger partial charge >= 0.3 is 6.09 Å². The molecule has 0 fully saturated rings. The molecule has 192 valence electrons. The summed E-state index contributed by atoms with van der Waals surface area (Å²) in [7, 11) is 0. The average molecular weight is 532 g/mol. The largest absolute Gasteiger partial charge is 0.465 e. The molecule has 0 aliphatic carbocycles. The van der Waals surface area contributed by atoms with E-state index in [0.717, 1.165) is 11.3 Å². The zero-order chi connectivity index (χ0) is 26.8. The number of nitrogens with one attached hydrogen (secondary N) is 2. The quantitative estimate of drug-likeness (QED) is 0.282. The third kappa shape index (κ3) is 5.15. The molecule has 0 unspecified atom stereocenters. The third-order valence-electron chi connectivity index (χ3n) is 5.77. The number of carboxylic acid groups (broad SMARTS) is 1. The standard InChI is InChI=1S/C25H22ClN9O3/c1-14(2)24-31-19(18-9-16(26)5-8-21(18)35-13-28-32-33-35)10-23(36)34(24)12-22-27-11-20(30-22)15-3-6-17(7-4-15)29-25(37)38/h3-11,13-14,29H,12H2,1-2H3,(H,27,30)(H,37,38). The van der Waals surface area contributed by atoms with Gasteiger partial charge in [-0.1, -0.05) is 37.6 Å². The van der Waals surface area contributed by atoms with Gasteiger partial charge in [0.15, 0.2) is 0 Å². The highest BCUT2D eigenvalue weighted by Gasteiger charge is 2.18. The van der Waals surface area contributed by atoms with Crippen molar-refractivity contribution in [3.05, 3.63) is 88.1 Å². The third-order valence-corrected chi connectivity index (χ3v) is 6.00. The fraction of sp³-hybridized carbons (Fsp3) is 0.160. The molecule has 0 bridgehead atoms. The number of aromatic nitrogens is 8. The van der Waals surface area contributed by atoms with Crippen LogP contribution in [0.5, 0.6) is 0 Å². The molecule has 5 rings (SSSR count). The molecule has 0 atom stereocenters. The van der Waals surface area contributed by atoms with Crippen molar-refractivity contribution in [2.45, 2.75) is 26.3 Å². The van der Waals surface area contributed by atoms with Gasteiger partial charge in [-0.2, -0.15) is 4.68 Å². The number of aromatic amines is 1. The van der Waals surface area contributed by atoms with Crippen LogP contribution in [0.1, 0.15) is 31.4 Å². The van der Waals surface area contributed by atoms with Gasteiger partial charge < -0.3 is 10.1 Å². The number of hydrogen-bond acceptors (Lipinski definition) is 7. The molecule has 0 radical (unpaired) electrons. The Kier molecular flexibility index (Phi) is 6.71. The van der Waals surface area contributed by atoms with E-state index in [-0.39, 0.29) is 18.0 Å². The first kappa shape index (κ1) is 24.8. The molecular formula is C25H22ClN9O3. The minimum Gasteiger partial charge on any atom is -0.465 e. The molecule has 0 saturated heterocycles. The van der Waals surface area contributed by atoms with Crippen molar-refractivity contribution >= 4 is 23.4 Å². The number of imidazole rings is 1. The second kappa shape index (κ2) is 10.3. The van der Waals surface area contributed by atoms with Gasteiger partial charge in [0.25, 0.3) is 5.56 Å². The number of nitrogens with zero attached hydrogens (tertiary/aromatic N) is 7. The molecule has 38 heavy (non-hydrogen) atoms. The molecule has 1 amide bonds. The maximum absolute atomic E-state index is 13.4. The van der Waals surface area contributed by atoms with Gasteiger partial charge in [-0.05, 0) is 46.3 Å². The van der Waals surface area contributed by atoms with Crippen LogP contribution in [-0.2, 0) is 6.54 Å². The molecule has 0 saturated carbocycles. The Hall–Kier alpha value is -4.84. The summed E-state index contributed by atoms with van der Waals surface area (Å²) in [5.41, 5.74) is 3.48. The summed E-state index contributed by atoms with van der Waals surface area (Å²) in [5, 5.41) is 23.0. The number of rotatable bonds is 7. The Labute approximate surface area is 221 Å². The van der Waals surface area contributed by atoms with Gasteiger partial charge in [-0.3, -0.25) is 14.7 Å². The topological polar surface area (TPSA) is 156 Å². The molecule has 3 N–H and O–H groups in total. The first-order valence-corrected chi connectivity index (χ1v) is 12.0. The zero-order valence-corrected chi connectivity index (χ0v) is 21.1. The van der Waals surface area contributed by atoms with E-state index in [4.69, 9.17) is 21.7 Å². The van der Waals surface area contributed by atoms with Crippen LogP contribution in [0.15, 0.2) is 65.8 Å². The first-order chi connectivity index (χ1) is 18.3. The number of benzene rings is 2. The lowest BCUT2D eigenvalue weighted by molar-refractivity contribution is 0.209. The molecule has 5 aromatic rings. The van der Waals surface area contributed by atoms with E-state index < -0.39 is 6.09 Å². The van der Waals surface area contributed by atoms with Crippen molar-refractivity contribution in [3.63, 3.8) is 0 Å². The smallest absolute Gasteiger partial charge is 0.409 e. The van der Waals surface area contributed by atoms with E-state index in [1.165, 1.54) is 17.1 Å². The maximum atomic E-state index is 13.4. The van der Waals surface area contributed by atoms with Gasteiger partial charge in [-0.25, -0.2) is 14.8 Å². The van der Waals surface area contributed by atoms with Gasteiger partial charge in [0, 0.05) is 28.3 Å². The molecule has 13 heteroatoms. The van der Waals surface area contributed by atoms with Crippen molar-refractivity contribution in [1.82, 2.24) is 39.7 Å². The van der Waals surface area contributed by atoms with Crippen LogP contribution >= 0.6 is 11.6 Å². The van der Waals surface area contributed by atoms with Crippen LogP contribution in [0.4, 0.5) is 10.5 Å². The van der Waals surface area contributed by atoms with E-state index in [0.29, 0.717) is 39.3 Å². The molecular weight excluding hydrogens is 510 g/mol. The summed E-state index contributed by atoms with van der Waals surface area (Å²) in [5.74, 6) is 1.09. The molecule has 0 aliphatic rings. The summed E-state index contributed by atoms with van der Waals surface area (Å²) < 4.78 is 3.07. The molecule has 0 spiro atoms. The van der Waals surface area contributed by atoms with Crippen molar-refractivity contribution in [2.24, 2.45) is 0 Å². The first-order valence-electron chi connectivity index (χ1n) is 11.6. The molecule has 2 aromatic carbocycles. The number of hydrogen-bond donors (Lipinski definition) is 3. The molecule has 3 aromatic heterocycles. The Balaban J connectivity index is 1.48. The van der Waals surface area contributed by atoms with E-state index in [1.54, 1.807) is 53.2 Å². The van der Waals surface area contributed by atoms with E-state index >= 15 is 0 Å². The Morgan fingerprint density at radius 3 is 2.63 bits per heavy atom. The fourth-order valence-electron chi connectivity index (χ4n) is 4.04. The summed E-state index contributed by atoms with van der Waals surface area (Å²) >= 11 is 6.28. The minimum atomic E-state index is -1.13. The summed E-state index contributed by atoms with van der Waals surface area (Å²) in [6.45, 7) is 4.11. The number of halogens is 1. The van der Waals surface area contributed by atoms with E-state index in [9.17, 15) is 9.59 Å². The van der Waals surface area contributed by atoms with E-state index in [2.05, 4.69) is 30.8 Å². The monoisotopic (exact) mass is 531 g/mol. The normalized spacial score (nSPS) is 11.2. The number of tetrazole rings is 1. The lowest BCUT2D eigenvalue weighted by atomic mass is 10.1. The van der Waals surface area contributed by atoms with Crippen LogP contribution in [0.3, 0.4) is 0 Å². The van der Waals surface area contributed by atoms with Crippen LogP contribution in [0.2, 0.25) is 5.02 Å². The number of anilines is 1. The van der Waals surface area contributed by atoms with Gasteiger partial charge in [0.1, 0.15) is 18.0 Å². The number of H-pyrrole nitrogens is 1. The van der Waals surface area contributed by atoms with Crippen molar-refractivity contribution in [2.75, 3.05) is 5.32 Å². The number of amides is 1. The van der Waals surface area contributed by atoms with Crippen LogP contribution in [0.25, 0.3) is 28.2 Å². The highest BCUT2D eigenvalue weighted by molar-refractivity contribution is 6.31. The predicted molar refractivity (Wildman–Crippen MR) is 141 cm³/mol. The van der Waals surface area contributed by atoms with Crippen molar-refractivity contribution < 1.29 is 9.90 Å². The summed E-state index contributed by atoms with van der Waals surface area (Å²) in [6, 6.07) is 13.5. The lowest BCUT2D eigenvalue weighted by Crippen LogP contribution is -2.26. The highest BCUT2D eigenvalue weighted by Crippen LogP contribution is 2.28. The van der Waals surface area contributed by atoms with Gasteiger partial charge in [0.2, 0.25) is 0 Å². The summed E-state index contributed by atoms with van der Waals surface area (Å²) in [6.07, 6.45) is 2.00. The van der Waals surface area contributed by atoms with Crippen LogP contribution < -0.4 is 10.9 Å². The highest BCUT2D eigenvalue weighted by atomic mass is 35.5. The SMILES string of the molecule is CC(C)c1nc(-c2cc(Cl)ccc2-n2cnnn2)cc(=O)n1Cc1ncc(-c2ccc(NC(=O)O)cc2)[nH]1.